The van der Waals surface area contributed by atoms with E-state index in [0.29, 0.717) is 17.6 Å². The van der Waals surface area contributed by atoms with Crippen molar-refractivity contribution >= 4 is 5.97 Å². The molecule has 4 nitrogen and oxygen atoms in total. The van der Waals surface area contributed by atoms with Crippen LogP contribution in [0, 0.1) is 5.92 Å². The second-order valence-corrected chi connectivity index (χ2v) is 3.79. The maximum Gasteiger partial charge on any atom is 0.116 e. The summed E-state index contributed by atoms with van der Waals surface area (Å²) in [5.74, 6) is -1.83. The van der Waals surface area contributed by atoms with Crippen LogP contribution in [0.1, 0.15) is 0 Å². The molecular formula is C7H13NO3. The normalized spacial score (nSPS) is 35.5. The van der Waals surface area contributed by atoms with Crippen molar-refractivity contribution in [3.63, 3.8) is 0 Å². The summed E-state index contributed by atoms with van der Waals surface area (Å²) >= 11 is 0. The van der Waals surface area contributed by atoms with Crippen molar-refractivity contribution in [1.82, 2.24) is 0 Å². The Labute approximate surface area is 65.6 Å². The number of aliphatic hydroxyl groups is 1. The molecule has 2 atom stereocenters. The number of aliphatic hydroxyl groups excluding tert-OH is 1. The smallest absolute Gasteiger partial charge is 0.116 e. The number of carbonyl (C=O) groups is 1. The molecule has 0 amide bonds. The first-order chi connectivity index (χ1) is 4.92. The summed E-state index contributed by atoms with van der Waals surface area (Å²) in [6.07, 6.45) is -0.741. The van der Waals surface area contributed by atoms with E-state index in [4.69, 9.17) is 0 Å². The Morgan fingerprint density at radius 3 is 2.27 bits per heavy atom. The van der Waals surface area contributed by atoms with E-state index < -0.39 is 18.0 Å². The molecule has 0 unspecified atom stereocenters. The lowest BCUT2D eigenvalue weighted by atomic mass is 10.1. The van der Waals surface area contributed by atoms with Gasteiger partial charge in [-0.25, -0.2) is 0 Å². The summed E-state index contributed by atoms with van der Waals surface area (Å²) in [7, 11) is 3.79. The number of likely N-dealkylation sites (N-methyl/N-ethyl adjacent to an activating group) is 1. The highest BCUT2D eigenvalue weighted by molar-refractivity contribution is 5.68. The van der Waals surface area contributed by atoms with E-state index in [2.05, 4.69) is 0 Å². The lowest BCUT2D eigenvalue weighted by molar-refractivity contribution is -0.880. The molecule has 64 valence electrons. The van der Waals surface area contributed by atoms with Crippen molar-refractivity contribution in [2.75, 3.05) is 27.2 Å². The molecule has 1 rings (SSSR count). The lowest BCUT2D eigenvalue weighted by Gasteiger charge is -2.22. The summed E-state index contributed by atoms with van der Waals surface area (Å²) < 4.78 is 0.555. The molecule has 1 N–H and O–H groups in total. The molecule has 0 aliphatic carbocycles. The van der Waals surface area contributed by atoms with Crippen LogP contribution in [0.2, 0.25) is 0 Å². The number of nitrogens with zero attached hydrogens (tertiary/aromatic N) is 1. The number of rotatable bonds is 1. The van der Waals surface area contributed by atoms with Crippen LogP contribution in [0.25, 0.3) is 0 Å². The average molecular weight is 159 g/mol. The Kier molecular flexibility index (Phi) is 1.90. The van der Waals surface area contributed by atoms with E-state index in [1.54, 1.807) is 0 Å². The Balaban J connectivity index is 2.66. The van der Waals surface area contributed by atoms with E-state index in [1.807, 2.05) is 14.1 Å². The summed E-state index contributed by atoms with van der Waals surface area (Å²) in [5.41, 5.74) is 0. The predicted molar refractivity (Wildman–Crippen MR) is 36.3 cm³/mol. The number of carboxylic acids is 1. The topological polar surface area (TPSA) is 60.4 Å². The van der Waals surface area contributed by atoms with E-state index in [-0.39, 0.29) is 0 Å². The SMILES string of the molecule is C[N+]1(C)C[C@H](C(=O)[O-])[C@@H](O)C1. The average Bonchev–Trinajstić information content (AvgIpc) is 2.05. The minimum atomic E-state index is -1.14. The van der Waals surface area contributed by atoms with E-state index in [9.17, 15) is 15.0 Å². The van der Waals surface area contributed by atoms with Gasteiger partial charge in [-0.3, -0.25) is 0 Å². The molecule has 1 fully saturated rings. The number of hydrogen-bond donors (Lipinski definition) is 1. The number of carbonyl (C=O) groups excluding carboxylic acids is 1. The van der Waals surface area contributed by atoms with Gasteiger partial charge in [-0.2, -0.15) is 0 Å². The van der Waals surface area contributed by atoms with Gasteiger partial charge < -0.3 is 19.5 Å². The lowest BCUT2D eigenvalue weighted by Crippen LogP contribution is -2.40. The third-order valence-electron chi connectivity index (χ3n) is 2.14. The Bertz CT molecular complexity index is 179. The molecule has 1 aliphatic rings. The standard InChI is InChI=1S/C7H13NO3/c1-8(2)3-5(7(10)11)6(9)4-8/h5-6,9H,3-4H2,1-2H3/t5-,6-/m0/s1. The summed E-state index contributed by atoms with van der Waals surface area (Å²) in [6, 6.07) is 0. The summed E-state index contributed by atoms with van der Waals surface area (Å²) in [4.78, 5) is 10.4. The summed E-state index contributed by atoms with van der Waals surface area (Å²) in [6.45, 7) is 0.960. The highest BCUT2D eigenvalue weighted by Crippen LogP contribution is 2.19. The Morgan fingerprint density at radius 2 is 2.09 bits per heavy atom. The van der Waals surface area contributed by atoms with Crippen LogP contribution in [-0.4, -0.2) is 48.8 Å². The molecule has 0 spiro atoms. The van der Waals surface area contributed by atoms with Crippen LogP contribution in [-0.2, 0) is 4.79 Å². The van der Waals surface area contributed by atoms with Gasteiger partial charge in [-0.05, 0) is 0 Å². The Morgan fingerprint density at radius 1 is 1.55 bits per heavy atom. The van der Waals surface area contributed by atoms with Crippen LogP contribution in [0.15, 0.2) is 0 Å². The molecule has 0 bridgehead atoms. The maximum atomic E-state index is 10.4. The van der Waals surface area contributed by atoms with Gasteiger partial charge in [-0.1, -0.05) is 0 Å². The van der Waals surface area contributed by atoms with Gasteiger partial charge in [-0.15, -0.1) is 0 Å². The van der Waals surface area contributed by atoms with Gasteiger partial charge in [0.15, 0.2) is 0 Å². The zero-order valence-corrected chi connectivity index (χ0v) is 6.78. The van der Waals surface area contributed by atoms with Crippen LogP contribution in [0.5, 0.6) is 0 Å². The summed E-state index contributed by atoms with van der Waals surface area (Å²) in [5, 5.41) is 19.7. The third-order valence-corrected chi connectivity index (χ3v) is 2.14. The van der Waals surface area contributed by atoms with Crippen molar-refractivity contribution in [1.29, 1.82) is 0 Å². The van der Waals surface area contributed by atoms with Gasteiger partial charge in [0.1, 0.15) is 12.6 Å². The van der Waals surface area contributed by atoms with E-state index in [1.165, 1.54) is 0 Å². The first-order valence-corrected chi connectivity index (χ1v) is 3.63. The van der Waals surface area contributed by atoms with Crippen LogP contribution in [0.4, 0.5) is 0 Å². The highest BCUT2D eigenvalue weighted by atomic mass is 16.4. The van der Waals surface area contributed by atoms with Gasteiger partial charge >= 0.3 is 0 Å². The minimum absolute atomic E-state index is 0.462. The quantitative estimate of drug-likeness (QED) is 0.442. The fourth-order valence-electron chi connectivity index (χ4n) is 1.59. The second kappa shape index (κ2) is 2.46. The van der Waals surface area contributed by atoms with Gasteiger partial charge in [0.05, 0.1) is 32.5 Å². The number of aliphatic carboxylic acids is 1. The number of quaternary nitrogens is 1. The fraction of sp³-hybridized carbons (Fsp3) is 0.857. The fourth-order valence-corrected chi connectivity index (χ4v) is 1.59. The molecule has 0 aromatic carbocycles. The zero-order valence-electron chi connectivity index (χ0n) is 6.78. The second-order valence-electron chi connectivity index (χ2n) is 3.79. The van der Waals surface area contributed by atoms with Crippen LogP contribution >= 0.6 is 0 Å². The minimum Gasteiger partial charge on any atom is -0.550 e. The number of hydrogen-bond acceptors (Lipinski definition) is 3. The van der Waals surface area contributed by atoms with Gasteiger partial charge in [0, 0.05) is 0 Å². The molecule has 0 saturated carbocycles. The maximum absolute atomic E-state index is 10.4. The monoisotopic (exact) mass is 159 g/mol. The largest absolute Gasteiger partial charge is 0.550 e. The molecule has 4 heteroatoms. The first-order valence-electron chi connectivity index (χ1n) is 3.63. The van der Waals surface area contributed by atoms with Crippen molar-refractivity contribution < 1.29 is 19.5 Å². The molecule has 0 aromatic rings. The highest BCUT2D eigenvalue weighted by Gasteiger charge is 2.39. The molecule has 0 aromatic heterocycles. The number of likely N-dealkylation sites (tertiary alicyclic amines) is 1. The molecule has 0 radical (unpaired) electrons. The van der Waals surface area contributed by atoms with Gasteiger partial charge in [0.25, 0.3) is 0 Å². The van der Waals surface area contributed by atoms with E-state index >= 15 is 0 Å². The molecular weight excluding hydrogens is 146 g/mol. The van der Waals surface area contributed by atoms with Crippen LogP contribution < -0.4 is 5.11 Å². The molecule has 11 heavy (non-hydrogen) atoms. The van der Waals surface area contributed by atoms with Crippen LogP contribution in [0.3, 0.4) is 0 Å². The molecule has 1 heterocycles. The van der Waals surface area contributed by atoms with Crippen molar-refractivity contribution in [2.45, 2.75) is 6.10 Å². The Hall–Kier alpha value is -0.610. The predicted octanol–water partition coefficient (Wildman–Crippen LogP) is -2.20. The third kappa shape index (κ3) is 1.70. The van der Waals surface area contributed by atoms with E-state index in [0.717, 1.165) is 0 Å². The molecule has 1 saturated heterocycles. The first kappa shape index (κ1) is 8.49. The van der Waals surface area contributed by atoms with Crippen molar-refractivity contribution in [3.8, 4) is 0 Å². The molecule has 1 aliphatic heterocycles. The van der Waals surface area contributed by atoms with Crippen molar-refractivity contribution in [3.05, 3.63) is 0 Å². The zero-order chi connectivity index (χ0) is 8.65. The van der Waals surface area contributed by atoms with Gasteiger partial charge in [0.2, 0.25) is 0 Å². The number of carboxylic acid groups (broad SMARTS) is 1. The van der Waals surface area contributed by atoms with Crippen molar-refractivity contribution in [2.24, 2.45) is 5.92 Å².